The van der Waals surface area contributed by atoms with Crippen LogP contribution in [0.4, 0.5) is 5.82 Å². The fraction of sp³-hybridized carbons (Fsp3) is 0.227. The van der Waals surface area contributed by atoms with Crippen LogP contribution in [-0.4, -0.2) is 33.6 Å². The second-order valence-corrected chi connectivity index (χ2v) is 6.96. The van der Waals surface area contributed by atoms with Crippen molar-refractivity contribution in [1.82, 2.24) is 19.9 Å². The van der Waals surface area contributed by atoms with E-state index in [0.29, 0.717) is 33.8 Å². The number of aromatic nitrogens is 3. The van der Waals surface area contributed by atoms with Crippen molar-refractivity contribution in [3.63, 3.8) is 0 Å². The third-order valence-electron chi connectivity index (χ3n) is 5.03. The molecule has 7 nitrogen and oxygen atoms in total. The number of fused-ring (bicyclic) bond motifs is 2. The quantitative estimate of drug-likeness (QED) is 0.543. The number of hydrogen-bond acceptors (Lipinski definition) is 5. The minimum atomic E-state index is -0.256. The Bertz CT molecular complexity index is 1210. The number of para-hydroxylation sites is 2. The van der Waals surface area contributed by atoms with E-state index < -0.39 is 0 Å². The number of nitrogens with one attached hydrogen (secondary N) is 1. The lowest BCUT2D eigenvalue weighted by molar-refractivity contribution is 0.0941. The second kappa shape index (κ2) is 7.43. The SMILES string of the molecule is CC[C@@H](C)NC(=O)c1c(N)n(-c2cccc(OC)c2)c2nc3ccccc3nc12. The van der Waals surface area contributed by atoms with Gasteiger partial charge in [-0.05, 0) is 37.6 Å². The highest BCUT2D eigenvalue weighted by atomic mass is 16.5. The van der Waals surface area contributed by atoms with Crippen molar-refractivity contribution >= 4 is 33.9 Å². The largest absolute Gasteiger partial charge is 0.497 e. The molecule has 2 aromatic heterocycles. The summed E-state index contributed by atoms with van der Waals surface area (Å²) in [6.07, 6.45) is 0.814. The normalized spacial score (nSPS) is 12.2. The number of amides is 1. The molecule has 1 atom stereocenters. The molecule has 2 heterocycles. The molecule has 148 valence electrons. The first-order chi connectivity index (χ1) is 14.0. The van der Waals surface area contributed by atoms with E-state index in [1.54, 1.807) is 11.7 Å². The Hall–Kier alpha value is -3.61. The molecule has 0 bridgehead atoms. The lowest BCUT2D eigenvalue weighted by Crippen LogP contribution is -2.32. The Kier molecular flexibility index (Phi) is 4.80. The first kappa shape index (κ1) is 18.7. The number of rotatable bonds is 5. The number of hydrogen-bond donors (Lipinski definition) is 2. The number of ether oxygens (including phenoxy) is 1. The smallest absolute Gasteiger partial charge is 0.257 e. The maximum absolute atomic E-state index is 13.1. The predicted octanol–water partition coefficient (Wildman–Crippen LogP) is 3.69. The highest BCUT2D eigenvalue weighted by molar-refractivity contribution is 6.11. The van der Waals surface area contributed by atoms with Crippen LogP contribution in [0.25, 0.3) is 27.9 Å². The van der Waals surface area contributed by atoms with Crippen LogP contribution in [0, 0.1) is 0 Å². The zero-order valence-electron chi connectivity index (χ0n) is 16.6. The molecule has 0 fully saturated rings. The third kappa shape index (κ3) is 3.24. The molecular weight excluding hydrogens is 366 g/mol. The number of nitrogen functional groups attached to an aromatic ring is 1. The van der Waals surface area contributed by atoms with Gasteiger partial charge < -0.3 is 15.8 Å². The topological polar surface area (TPSA) is 95.1 Å². The van der Waals surface area contributed by atoms with E-state index in [4.69, 9.17) is 20.4 Å². The molecule has 0 spiro atoms. The molecule has 3 N–H and O–H groups in total. The van der Waals surface area contributed by atoms with Gasteiger partial charge >= 0.3 is 0 Å². The van der Waals surface area contributed by atoms with Gasteiger partial charge in [-0.15, -0.1) is 0 Å². The summed E-state index contributed by atoms with van der Waals surface area (Å²) in [4.78, 5) is 22.6. The number of carbonyl (C=O) groups excluding carboxylic acids is 1. The molecule has 0 aliphatic carbocycles. The summed E-state index contributed by atoms with van der Waals surface area (Å²) >= 11 is 0. The molecule has 0 saturated carbocycles. The standard InChI is InChI=1S/C22H23N5O2/c1-4-13(2)24-22(28)18-19-21(26-17-11-6-5-10-16(17)25-19)27(20(18)23)14-8-7-9-15(12-14)29-3/h5-13H,4,23H2,1-3H3,(H,24,28)/t13-/m1/s1. The van der Waals surface area contributed by atoms with Gasteiger partial charge in [0.1, 0.15) is 22.6 Å². The highest BCUT2D eigenvalue weighted by Crippen LogP contribution is 2.32. The molecular formula is C22H23N5O2. The van der Waals surface area contributed by atoms with E-state index in [1.165, 1.54) is 0 Å². The molecule has 0 radical (unpaired) electrons. The predicted molar refractivity (Wildman–Crippen MR) is 115 cm³/mol. The Morgan fingerprint density at radius 2 is 1.90 bits per heavy atom. The Morgan fingerprint density at radius 1 is 1.17 bits per heavy atom. The van der Waals surface area contributed by atoms with Gasteiger partial charge in [-0.25, -0.2) is 9.97 Å². The maximum atomic E-state index is 13.1. The van der Waals surface area contributed by atoms with E-state index in [9.17, 15) is 4.79 Å². The molecule has 0 saturated heterocycles. The number of anilines is 1. The monoisotopic (exact) mass is 389 g/mol. The van der Waals surface area contributed by atoms with Gasteiger partial charge in [0, 0.05) is 12.1 Å². The molecule has 0 aliphatic heterocycles. The Balaban J connectivity index is 2.02. The summed E-state index contributed by atoms with van der Waals surface area (Å²) in [6, 6.07) is 15.0. The van der Waals surface area contributed by atoms with Crippen LogP contribution in [0.1, 0.15) is 30.6 Å². The van der Waals surface area contributed by atoms with Crippen molar-refractivity contribution in [2.45, 2.75) is 26.3 Å². The lowest BCUT2D eigenvalue weighted by atomic mass is 10.2. The van der Waals surface area contributed by atoms with Crippen LogP contribution < -0.4 is 15.8 Å². The zero-order valence-corrected chi connectivity index (χ0v) is 16.6. The van der Waals surface area contributed by atoms with Crippen molar-refractivity contribution < 1.29 is 9.53 Å². The van der Waals surface area contributed by atoms with Crippen LogP contribution in [0.15, 0.2) is 48.5 Å². The van der Waals surface area contributed by atoms with Gasteiger partial charge in [-0.2, -0.15) is 0 Å². The first-order valence-electron chi connectivity index (χ1n) is 9.55. The average Bonchev–Trinajstić information content (AvgIpc) is 3.02. The number of nitrogens with zero attached hydrogens (tertiary/aromatic N) is 3. The van der Waals surface area contributed by atoms with Gasteiger partial charge in [0.05, 0.1) is 23.8 Å². The van der Waals surface area contributed by atoms with Crippen LogP contribution in [0.5, 0.6) is 5.75 Å². The minimum Gasteiger partial charge on any atom is -0.497 e. The van der Waals surface area contributed by atoms with Crippen LogP contribution in [0.3, 0.4) is 0 Å². The second-order valence-electron chi connectivity index (χ2n) is 6.96. The van der Waals surface area contributed by atoms with Crippen molar-refractivity contribution in [2.24, 2.45) is 0 Å². The molecule has 4 aromatic rings. The summed E-state index contributed by atoms with van der Waals surface area (Å²) < 4.78 is 7.10. The summed E-state index contributed by atoms with van der Waals surface area (Å²) in [5.74, 6) is 0.723. The van der Waals surface area contributed by atoms with Crippen molar-refractivity contribution in [1.29, 1.82) is 0 Å². The molecule has 1 amide bonds. The number of methoxy groups -OCH3 is 1. The summed E-state index contributed by atoms with van der Waals surface area (Å²) in [7, 11) is 1.61. The van der Waals surface area contributed by atoms with E-state index in [1.807, 2.05) is 62.4 Å². The van der Waals surface area contributed by atoms with Gasteiger partial charge in [-0.1, -0.05) is 25.1 Å². The zero-order chi connectivity index (χ0) is 20.5. The molecule has 0 unspecified atom stereocenters. The lowest BCUT2D eigenvalue weighted by Gasteiger charge is -2.12. The van der Waals surface area contributed by atoms with Gasteiger partial charge in [-0.3, -0.25) is 9.36 Å². The molecule has 2 aromatic carbocycles. The summed E-state index contributed by atoms with van der Waals surface area (Å²) in [5.41, 5.74) is 10.0. The van der Waals surface area contributed by atoms with Crippen LogP contribution in [0.2, 0.25) is 0 Å². The maximum Gasteiger partial charge on any atom is 0.257 e. The Labute approximate surface area is 168 Å². The fourth-order valence-corrected chi connectivity index (χ4v) is 3.29. The van der Waals surface area contributed by atoms with E-state index in [2.05, 4.69) is 5.32 Å². The average molecular weight is 389 g/mol. The first-order valence-corrected chi connectivity index (χ1v) is 9.55. The molecule has 29 heavy (non-hydrogen) atoms. The van der Waals surface area contributed by atoms with Gasteiger partial charge in [0.15, 0.2) is 5.65 Å². The van der Waals surface area contributed by atoms with Crippen molar-refractivity contribution in [3.8, 4) is 11.4 Å². The molecule has 0 aliphatic rings. The number of carbonyl (C=O) groups is 1. The minimum absolute atomic E-state index is 0.0190. The van der Waals surface area contributed by atoms with Crippen LogP contribution >= 0.6 is 0 Å². The number of benzene rings is 2. The summed E-state index contributed by atoms with van der Waals surface area (Å²) in [5, 5.41) is 2.99. The van der Waals surface area contributed by atoms with Crippen molar-refractivity contribution in [2.75, 3.05) is 12.8 Å². The molecule has 7 heteroatoms. The van der Waals surface area contributed by atoms with E-state index in [0.717, 1.165) is 17.6 Å². The van der Waals surface area contributed by atoms with Gasteiger partial charge in [0.25, 0.3) is 5.91 Å². The highest BCUT2D eigenvalue weighted by Gasteiger charge is 2.25. The summed E-state index contributed by atoms with van der Waals surface area (Å²) in [6.45, 7) is 3.97. The van der Waals surface area contributed by atoms with Crippen molar-refractivity contribution in [3.05, 3.63) is 54.1 Å². The third-order valence-corrected chi connectivity index (χ3v) is 5.03. The van der Waals surface area contributed by atoms with E-state index >= 15 is 0 Å². The fourth-order valence-electron chi connectivity index (χ4n) is 3.29. The van der Waals surface area contributed by atoms with Crippen LogP contribution in [-0.2, 0) is 0 Å². The number of nitrogens with two attached hydrogens (primary N) is 1. The van der Waals surface area contributed by atoms with E-state index in [-0.39, 0.29) is 11.9 Å². The molecule has 4 rings (SSSR count). The Morgan fingerprint density at radius 3 is 2.59 bits per heavy atom. The van der Waals surface area contributed by atoms with Gasteiger partial charge in [0.2, 0.25) is 0 Å².